The van der Waals surface area contributed by atoms with E-state index in [1.807, 2.05) is 60.1 Å². The highest BCUT2D eigenvalue weighted by atomic mass is 32.2. The Balaban J connectivity index is 1.53. The predicted octanol–water partition coefficient (Wildman–Crippen LogP) is 3.70. The van der Waals surface area contributed by atoms with E-state index >= 15 is 0 Å². The number of hydrogen-bond donors (Lipinski definition) is 1. The van der Waals surface area contributed by atoms with E-state index in [1.165, 1.54) is 11.8 Å². The molecule has 1 heterocycles. The van der Waals surface area contributed by atoms with E-state index in [1.54, 1.807) is 7.11 Å². The summed E-state index contributed by atoms with van der Waals surface area (Å²) in [7, 11) is 3.48. The minimum atomic E-state index is -0.0741. The molecular formula is C21H24N4O3S. The van der Waals surface area contributed by atoms with Crippen molar-refractivity contribution < 1.29 is 14.3 Å². The number of hydrogen-bond acceptors (Lipinski definition) is 6. The average molecular weight is 413 g/mol. The Bertz CT molecular complexity index is 957. The van der Waals surface area contributed by atoms with Gasteiger partial charge in [-0.3, -0.25) is 4.79 Å². The van der Waals surface area contributed by atoms with Crippen molar-refractivity contribution in [1.29, 1.82) is 0 Å². The second kappa shape index (κ2) is 9.97. The van der Waals surface area contributed by atoms with Crippen LogP contribution < -0.4 is 14.8 Å². The van der Waals surface area contributed by atoms with Crippen molar-refractivity contribution in [2.75, 3.05) is 18.2 Å². The molecule has 8 heteroatoms. The summed E-state index contributed by atoms with van der Waals surface area (Å²) in [5.74, 6) is 2.35. The molecule has 0 bridgehead atoms. The largest absolute Gasteiger partial charge is 0.497 e. The van der Waals surface area contributed by atoms with Crippen LogP contribution in [0, 0.1) is 0 Å². The molecule has 1 amide bonds. The first-order valence-electron chi connectivity index (χ1n) is 9.26. The molecule has 3 rings (SSSR count). The molecule has 0 aliphatic rings. The third kappa shape index (κ3) is 5.51. The number of aromatic nitrogens is 3. The first kappa shape index (κ1) is 20.7. The summed E-state index contributed by atoms with van der Waals surface area (Å²) in [6.07, 6.45) is 0.866. The van der Waals surface area contributed by atoms with Gasteiger partial charge in [0, 0.05) is 12.7 Å². The molecule has 0 spiro atoms. The smallest absolute Gasteiger partial charge is 0.234 e. The van der Waals surface area contributed by atoms with Gasteiger partial charge in [0.2, 0.25) is 5.91 Å². The minimum Gasteiger partial charge on any atom is -0.497 e. The molecule has 0 aliphatic heterocycles. The van der Waals surface area contributed by atoms with E-state index in [2.05, 4.69) is 22.4 Å². The van der Waals surface area contributed by atoms with Crippen molar-refractivity contribution in [2.24, 2.45) is 7.05 Å². The lowest BCUT2D eigenvalue weighted by molar-refractivity contribution is -0.113. The summed E-state index contributed by atoms with van der Waals surface area (Å²) >= 11 is 1.34. The van der Waals surface area contributed by atoms with Crippen LogP contribution in [-0.4, -0.2) is 33.5 Å². The highest BCUT2D eigenvalue weighted by Crippen LogP contribution is 2.21. The van der Waals surface area contributed by atoms with Crippen LogP contribution in [0.15, 0.2) is 53.7 Å². The molecule has 0 radical (unpaired) electrons. The number of thioether (sulfide) groups is 1. The number of aryl methyl sites for hydroxylation is 1. The van der Waals surface area contributed by atoms with Gasteiger partial charge in [-0.15, -0.1) is 10.2 Å². The molecule has 0 aliphatic carbocycles. The summed E-state index contributed by atoms with van der Waals surface area (Å²) in [5, 5.41) is 12.0. The van der Waals surface area contributed by atoms with Crippen molar-refractivity contribution >= 4 is 23.4 Å². The Hall–Kier alpha value is -3.00. The van der Waals surface area contributed by atoms with Gasteiger partial charge < -0.3 is 19.4 Å². The summed E-state index contributed by atoms with van der Waals surface area (Å²) in [4.78, 5) is 12.3. The first-order valence-corrected chi connectivity index (χ1v) is 10.2. The van der Waals surface area contributed by atoms with Crippen LogP contribution in [0.5, 0.6) is 11.5 Å². The second-order valence-electron chi connectivity index (χ2n) is 6.27. The Labute approximate surface area is 174 Å². The quantitative estimate of drug-likeness (QED) is 0.540. The van der Waals surface area contributed by atoms with Crippen molar-refractivity contribution in [2.45, 2.75) is 25.1 Å². The monoisotopic (exact) mass is 412 g/mol. The van der Waals surface area contributed by atoms with Gasteiger partial charge in [0.15, 0.2) is 11.0 Å². The molecule has 1 N–H and O–H groups in total. The number of methoxy groups -OCH3 is 1. The number of amides is 1. The van der Waals surface area contributed by atoms with Crippen molar-refractivity contribution in [1.82, 2.24) is 14.8 Å². The molecule has 0 unspecified atom stereocenters. The maximum absolute atomic E-state index is 12.3. The fraction of sp³-hybridized carbons (Fsp3) is 0.286. The molecule has 29 heavy (non-hydrogen) atoms. The zero-order valence-electron chi connectivity index (χ0n) is 16.7. The van der Waals surface area contributed by atoms with Gasteiger partial charge >= 0.3 is 0 Å². The number of carbonyl (C=O) groups excluding carboxylic acids is 1. The molecular weight excluding hydrogens is 388 g/mol. The molecule has 3 aromatic rings. The van der Waals surface area contributed by atoms with Crippen LogP contribution >= 0.6 is 11.8 Å². The van der Waals surface area contributed by atoms with Gasteiger partial charge in [0.1, 0.15) is 18.1 Å². The summed E-state index contributed by atoms with van der Waals surface area (Å²) in [6.45, 7) is 2.35. The lowest BCUT2D eigenvalue weighted by atomic mass is 10.1. The van der Waals surface area contributed by atoms with Crippen molar-refractivity contribution in [3.05, 3.63) is 59.9 Å². The van der Waals surface area contributed by atoms with E-state index in [0.717, 1.165) is 29.2 Å². The molecule has 1 aromatic heterocycles. The average Bonchev–Trinajstić information content (AvgIpc) is 3.11. The number of rotatable bonds is 9. The fourth-order valence-corrected chi connectivity index (χ4v) is 3.41. The first-order chi connectivity index (χ1) is 14.1. The predicted molar refractivity (Wildman–Crippen MR) is 114 cm³/mol. The molecule has 0 saturated heterocycles. The van der Waals surface area contributed by atoms with Gasteiger partial charge in [-0.05, 0) is 42.3 Å². The van der Waals surface area contributed by atoms with Gasteiger partial charge in [0.25, 0.3) is 0 Å². The van der Waals surface area contributed by atoms with Crippen LogP contribution in [0.1, 0.15) is 18.3 Å². The van der Waals surface area contributed by atoms with E-state index in [0.29, 0.717) is 11.0 Å². The van der Waals surface area contributed by atoms with Crippen molar-refractivity contribution in [3.63, 3.8) is 0 Å². The normalized spacial score (nSPS) is 10.6. The number of nitrogens with one attached hydrogen (secondary N) is 1. The Morgan fingerprint density at radius 2 is 1.83 bits per heavy atom. The lowest BCUT2D eigenvalue weighted by Crippen LogP contribution is -2.15. The van der Waals surface area contributed by atoms with Gasteiger partial charge in [-0.25, -0.2) is 0 Å². The zero-order valence-corrected chi connectivity index (χ0v) is 17.5. The summed E-state index contributed by atoms with van der Waals surface area (Å²) in [5.41, 5.74) is 1.97. The molecule has 0 atom stereocenters. The Morgan fingerprint density at radius 3 is 2.55 bits per heavy atom. The molecule has 0 saturated carbocycles. The number of ether oxygens (including phenoxy) is 2. The van der Waals surface area contributed by atoms with Crippen LogP contribution in [0.3, 0.4) is 0 Å². The molecule has 7 nitrogen and oxygen atoms in total. The van der Waals surface area contributed by atoms with Gasteiger partial charge in [-0.1, -0.05) is 36.9 Å². The van der Waals surface area contributed by atoms with Crippen LogP contribution in [0.2, 0.25) is 0 Å². The number of carbonyl (C=O) groups is 1. The van der Waals surface area contributed by atoms with E-state index in [-0.39, 0.29) is 18.3 Å². The Kier molecular flexibility index (Phi) is 7.13. The number of benzene rings is 2. The van der Waals surface area contributed by atoms with Crippen LogP contribution in [0.25, 0.3) is 0 Å². The van der Waals surface area contributed by atoms with E-state index < -0.39 is 0 Å². The van der Waals surface area contributed by atoms with Crippen molar-refractivity contribution in [3.8, 4) is 11.5 Å². The number of nitrogens with zero attached hydrogens (tertiary/aromatic N) is 3. The second-order valence-corrected chi connectivity index (χ2v) is 7.21. The lowest BCUT2D eigenvalue weighted by Gasteiger charge is -2.09. The van der Waals surface area contributed by atoms with E-state index in [9.17, 15) is 4.79 Å². The molecule has 2 aromatic carbocycles. The number of para-hydroxylation sites is 1. The summed E-state index contributed by atoms with van der Waals surface area (Å²) in [6, 6.07) is 15.2. The highest BCUT2D eigenvalue weighted by Gasteiger charge is 2.13. The molecule has 152 valence electrons. The van der Waals surface area contributed by atoms with Gasteiger partial charge in [0.05, 0.1) is 12.9 Å². The minimum absolute atomic E-state index is 0.0741. The highest BCUT2D eigenvalue weighted by molar-refractivity contribution is 7.99. The maximum atomic E-state index is 12.3. The molecule has 0 fully saturated rings. The Morgan fingerprint density at radius 1 is 1.10 bits per heavy atom. The van der Waals surface area contributed by atoms with E-state index in [4.69, 9.17) is 9.47 Å². The van der Waals surface area contributed by atoms with Crippen LogP contribution in [0.4, 0.5) is 5.69 Å². The topological polar surface area (TPSA) is 78.3 Å². The van der Waals surface area contributed by atoms with Gasteiger partial charge in [-0.2, -0.15) is 0 Å². The summed E-state index contributed by atoms with van der Waals surface area (Å²) < 4.78 is 12.7. The standard InChI is InChI=1S/C21H24N4O3S/c1-4-15-7-5-6-8-18(15)22-20(26)14-29-21-24-23-19(25(21)2)13-28-17-11-9-16(27-3)10-12-17/h5-12H,4,13-14H2,1-3H3,(H,22,26). The number of anilines is 1. The SMILES string of the molecule is CCc1ccccc1NC(=O)CSc1nnc(COc2ccc(OC)cc2)n1C. The fourth-order valence-electron chi connectivity index (χ4n) is 2.68. The van der Waals surface area contributed by atoms with Crippen LogP contribution in [-0.2, 0) is 24.9 Å². The maximum Gasteiger partial charge on any atom is 0.234 e. The zero-order chi connectivity index (χ0) is 20.6. The third-order valence-electron chi connectivity index (χ3n) is 4.36. The third-order valence-corrected chi connectivity index (χ3v) is 5.38.